The molecule has 0 aliphatic heterocycles. The molecule has 0 heterocycles. The third-order valence-corrected chi connectivity index (χ3v) is 5.94. The second-order valence-electron chi connectivity index (χ2n) is 8.54. The summed E-state index contributed by atoms with van der Waals surface area (Å²) in [5.74, 6) is 0.309. The molecule has 4 heteroatoms. The SMILES string of the molecule is CCC(C)(C)c1cc(NNC2C=CC=CC2N)c(O)c(C(C)(C)CC)c1. The molecule has 4 nitrogen and oxygen atoms in total. The lowest BCUT2D eigenvalue weighted by molar-refractivity contribution is 0.425. The zero-order valence-corrected chi connectivity index (χ0v) is 17.1. The van der Waals surface area contributed by atoms with Gasteiger partial charge in [0.25, 0.3) is 0 Å². The van der Waals surface area contributed by atoms with Gasteiger partial charge in [-0.1, -0.05) is 71.9 Å². The Morgan fingerprint density at radius 3 is 2.19 bits per heavy atom. The highest BCUT2D eigenvalue weighted by molar-refractivity contribution is 5.63. The summed E-state index contributed by atoms with van der Waals surface area (Å²) in [6, 6.07) is 4.10. The van der Waals surface area contributed by atoms with E-state index in [2.05, 4.69) is 64.5 Å². The molecule has 0 aromatic heterocycles. The van der Waals surface area contributed by atoms with E-state index in [9.17, 15) is 5.11 Å². The van der Waals surface area contributed by atoms with E-state index in [1.54, 1.807) is 0 Å². The minimum absolute atomic E-state index is 0.0233. The molecule has 0 saturated carbocycles. The zero-order valence-electron chi connectivity index (χ0n) is 17.1. The summed E-state index contributed by atoms with van der Waals surface area (Å²) in [6.45, 7) is 13.2. The number of aromatic hydroxyl groups is 1. The van der Waals surface area contributed by atoms with Gasteiger partial charge in [0.05, 0.1) is 11.7 Å². The van der Waals surface area contributed by atoms with E-state index in [1.165, 1.54) is 5.56 Å². The van der Waals surface area contributed by atoms with E-state index < -0.39 is 0 Å². The molecule has 0 saturated heterocycles. The molecule has 0 fully saturated rings. The Hall–Kier alpha value is -1.78. The fraction of sp³-hybridized carbons (Fsp3) is 0.545. The second kappa shape index (κ2) is 7.85. The maximum absolute atomic E-state index is 10.9. The molecule has 2 rings (SSSR count). The molecule has 144 valence electrons. The first kappa shape index (κ1) is 20.5. The molecule has 26 heavy (non-hydrogen) atoms. The number of anilines is 1. The van der Waals surface area contributed by atoms with Crippen molar-refractivity contribution in [1.29, 1.82) is 0 Å². The predicted octanol–water partition coefficient (Wildman–Crippen LogP) is 4.51. The van der Waals surface area contributed by atoms with E-state index in [1.807, 2.05) is 24.3 Å². The van der Waals surface area contributed by atoms with Gasteiger partial charge >= 0.3 is 0 Å². The van der Waals surface area contributed by atoms with Gasteiger partial charge in [-0.3, -0.25) is 0 Å². The van der Waals surface area contributed by atoms with Crippen molar-refractivity contribution in [3.05, 3.63) is 47.6 Å². The fourth-order valence-electron chi connectivity index (χ4n) is 2.96. The lowest BCUT2D eigenvalue weighted by atomic mass is 9.76. The van der Waals surface area contributed by atoms with Gasteiger partial charge in [-0.15, -0.1) is 0 Å². The summed E-state index contributed by atoms with van der Waals surface area (Å²) >= 11 is 0. The molecule has 2 atom stereocenters. The van der Waals surface area contributed by atoms with Crippen LogP contribution in [0.3, 0.4) is 0 Å². The number of rotatable bonds is 7. The normalized spacial score (nSPS) is 20.4. The number of allylic oxidation sites excluding steroid dienone is 2. The molecule has 1 aromatic rings. The number of phenolic OH excluding ortho intramolecular Hbond substituents is 1. The standard InChI is InChI=1S/C22H35N3O/c1-7-21(3,4)15-13-16(22(5,6)8-2)20(26)19(14-15)25-24-18-12-10-9-11-17(18)23/h9-14,17-18,24-26H,7-8,23H2,1-6H3. The Morgan fingerprint density at radius 2 is 1.62 bits per heavy atom. The highest BCUT2D eigenvalue weighted by Gasteiger charge is 2.28. The Balaban J connectivity index is 2.40. The largest absolute Gasteiger partial charge is 0.505 e. The number of hydrazine groups is 1. The van der Waals surface area contributed by atoms with Crippen LogP contribution in [0.1, 0.15) is 65.5 Å². The van der Waals surface area contributed by atoms with Gasteiger partial charge in [0.1, 0.15) is 5.75 Å². The van der Waals surface area contributed by atoms with Crippen molar-refractivity contribution in [2.24, 2.45) is 5.73 Å². The Kier molecular flexibility index (Phi) is 6.20. The van der Waals surface area contributed by atoms with Crippen LogP contribution in [0.2, 0.25) is 0 Å². The molecule has 1 aliphatic carbocycles. The molecular weight excluding hydrogens is 322 g/mol. The van der Waals surface area contributed by atoms with E-state index in [0.717, 1.165) is 18.4 Å². The molecule has 0 spiro atoms. The summed E-state index contributed by atoms with van der Waals surface area (Å²) in [6.07, 6.45) is 9.88. The molecule has 0 bridgehead atoms. The Morgan fingerprint density at radius 1 is 1.00 bits per heavy atom. The van der Waals surface area contributed by atoms with Crippen molar-refractivity contribution in [2.45, 2.75) is 77.3 Å². The Labute approximate surface area is 158 Å². The van der Waals surface area contributed by atoms with Crippen LogP contribution in [0.15, 0.2) is 36.4 Å². The molecule has 1 aromatic carbocycles. The summed E-state index contributed by atoms with van der Waals surface area (Å²) in [7, 11) is 0. The monoisotopic (exact) mass is 357 g/mol. The number of nitrogens with one attached hydrogen (secondary N) is 2. The maximum Gasteiger partial charge on any atom is 0.143 e. The van der Waals surface area contributed by atoms with Crippen molar-refractivity contribution in [1.82, 2.24) is 5.43 Å². The van der Waals surface area contributed by atoms with Crippen LogP contribution in [0.25, 0.3) is 0 Å². The summed E-state index contributed by atoms with van der Waals surface area (Å²) in [5, 5.41) is 10.9. The van der Waals surface area contributed by atoms with Crippen LogP contribution in [0, 0.1) is 0 Å². The van der Waals surface area contributed by atoms with Crippen LogP contribution in [0.5, 0.6) is 5.75 Å². The first-order valence-electron chi connectivity index (χ1n) is 9.62. The van der Waals surface area contributed by atoms with Gasteiger partial charge in [0, 0.05) is 11.6 Å². The lowest BCUT2D eigenvalue weighted by Crippen LogP contribution is -2.46. The quantitative estimate of drug-likeness (QED) is 0.428. The highest BCUT2D eigenvalue weighted by atomic mass is 16.3. The van der Waals surface area contributed by atoms with Gasteiger partial charge in [-0.2, -0.15) is 0 Å². The number of benzene rings is 1. The first-order valence-corrected chi connectivity index (χ1v) is 9.62. The summed E-state index contributed by atoms with van der Waals surface area (Å²) in [4.78, 5) is 0. The number of nitrogens with two attached hydrogens (primary N) is 1. The topological polar surface area (TPSA) is 70.3 Å². The third-order valence-electron chi connectivity index (χ3n) is 5.94. The molecule has 2 unspecified atom stereocenters. The van der Waals surface area contributed by atoms with E-state index >= 15 is 0 Å². The predicted molar refractivity (Wildman–Crippen MR) is 112 cm³/mol. The van der Waals surface area contributed by atoms with E-state index in [0.29, 0.717) is 11.4 Å². The van der Waals surface area contributed by atoms with Gasteiger partial charge in [0.15, 0.2) is 0 Å². The smallest absolute Gasteiger partial charge is 0.143 e. The third kappa shape index (κ3) is 4.30. The van der Waals surface area contributed by atoms with E-state index in [4.69, 9.17) is 5.73 Å². The maximum atomic E-state index is 10.9. The number of phenols is 1. The molecule has 0 radical (unpaired) electrons. The second-order valence-corrected chi connectivity index (χ2v) is 8.54. The van der Waals surface area contributed by atoms with Crippen LogP contribution < -0.4 is 16.6 Å². The van der Waals surface area contributed by atoms with Gasteiger partial charge in [0.2, 0.25) is 0 Å². The van der Waals surface area contributed by atoms with Gasteiger partial charge < -0.3 is 16.3 Å². The van der Waals surface area contributed by atoms with Crippen molar-refractivity contribution >= 4 is 5.69 Å². The van der Waals surface area contributed by atoms with E-state index in [-0.39, 0.29) is 22.9 Å². The summed E-state index contributed by atoms with van der Waals surface area (Å²) in [5.41, 5.74) is 15.4. The first-order chi connectivity index (χ1) is 12.1. The average molecular weight is 358 g/mol. The number of hydrogen-bond acceptors (Lipinski definition) is 4. The molecule has 0 amide bonds. The molecular formula is C22H35N3O. The summed E-state index contributed by atoms with van der Waals surface area (Å²) < 4.78 is 0. The van der Waals surface area contributed by atoms with Crippen molar-refractivity contribution in [2.75, 3.05) is 5.43 Å². The lowest BCUT2D eigenvalue weighted by Gasteiger charge is -2.31. The molecule has 5 N–H and O–H groups in total. The van der Waals surface area contributed by atoms with Crippen LogP contribution in [-0.2, 0) is 10.8 Å². The molecule has 1 aliphatic rings. The van der Waals surface area contributed by atoms with Crippen molar-refractivity contribution < 1.29 is 5.11 Å². The number of hydrogen-bond donors (Lipinski definition) is 4. The van der Waals surface area contributed by atoms with Crippen molar-refractivity contribution in [3.63, 3.8) is 0 Å². The van der Waals surface area contributed by atoms with Crippen molar-refractivity contribution in [3.8, 4) is 5.75 Å². The minimum atomic E-state index is -0.107. The van der Waals surface area contributed by atoms with Gasteiger partial charge in [-0.25, -0.2) is 5.43 Å². The average Bonchev–Trinajstić information content (AvgIpc) is 2.61. The van der Waals surface area contributed by atoms with Crippen LogP contribution in [0.4, 0.5) is 5.69 Å². The zero-order chi connectivity index (χ0) is 19.5. The highest BCUT2D eigenvalue weighted by Crippen LogP contribution is 2.42. The van der Waals surface area contributed by atoms with Crippen LogP contribution >= 0.6 is 0 Å². The fourth-order valence-corrected chi connectivity index (χ4v) is 2.96. The van der Waals surface area contributed by atoms with Gasteiger partial charge in [-0.05, 0) is 35.3 Å². The Bertz CT molecular complexity index is 689. The van der Waals surface area contributed by atoms with Crippen LogP contribution in [-0.4, -0.2) is 17.2 Å². The minimum Gasteiger partial charge on any atom is -0.505 e.